The maximum absolute atomic E-state index is 10.6. The molecule has 0 atom stereocenters. The average molecular weight is 175 g/mol. The largest absolute Gasteiger partial charge is 0.351 e. The van der Waals surface area contributed by atoms with Crippen molar-refractivity contribution in [3.8, 4) is 0 Å². The molecule has 0 saturated carbocycles. The number of nitrogens with one attached hydrogen (secondary N) is 2. The van der Waals surface area contributed by atoms with E-state index >= 15 is 0 Å². The van der Waals surface area contributed by atoms with E-state index in [4.69, 9.17) is 0 Å². The minimum atomic E-state index is -0.873. The fourth-order valence-corrected chi connectivity index (χ4v) is 0.687. The lowest BCUT2D eigenvalue weighted by molar-refractivity contribution is 0.235. The van der Waals surface area contributed by atoms with E-state index in [0.717, 1.165) is 11.9 Å². The van der Waals surface area contributed by atoms with Gasteiger partial charge in [0.15, 0.2) is 0 Å². The summed E-state index contributed by atoms with van der Waals surface area (Å²) in [5, 5.41) is 1.84. The quantitative estimate of drug-likeness (QED) is 0.325. The Labute approximate surface area is 68.5 Å². The van der Waals surface area contributed by atoms with Crippen LogP contribution in [0.1, 0.15) is 0 Å². The monoisotopic (exact) mass is 175 g/mol. The lowest BCUT2D eigenvalue weighted by atomic mass is 10.8. The molecule has 0 rings (SSSR count). The van der Waals surface area contributed by atoms with Gasteiger partial charge in [-0.3, -0.25) is 10.0 Å². The number of rotatable bonds is 3. The highest BCUT2D eigenvalue weighted by Gasteiger charge is 2.00. The van der Waals surface area contributed by atoms with Crippen LogP contribution in [-0.4, -0.2) is 17.8 Å². The Bertz CT molecular complexity index is 171. The number of imide groups is 1. The standard InChI is InChI=1S/C5H9N3O2S/c1-2-3-11-8-5(10)7-4(6)9/h2H,1,3H2,(H4,6,7,8,9,10). The normalized spacial score (nSPS) is 8.36. The van der Waals surface area contributed by atoms with Gasteiger partial charge >= 0.3 is 12.1 Å². The molecule has 62 valence electrons. The van der Waals surface area contributed by atoms with Crippen LogP contribution in [0.25, 0.3) is 0 Å². The third kappa shape index (κ3) is 6.72. The van der Waals surface area contributed by atoms with Gasteiger partial charge in [0.2, 0.25) is 0 Å². The van der Waals surface area contributed by atoms with Gasteiger partial charge in [-0.05, 0) is 11.9 Å². The van der Waals surface area contributed by atoms with Crippen LogP contribution in [-0.2, 0) is 0 Å². The SMILES string of the molecule is C=CCSNC(=O)NC(N)=O. The van der Waals surface area contributed by atoms with E-state index in [1.54, 1.807) is 6.08 Å². The van der Waals surface area contributed by atoms with Gasteiger partial charge in [0.05, 0.1) is 0 Å². The van der Waals surface area contributed by atoms with Crippen LogP contribution in [0.15, 0.2) is 12.7 Å². The van der Waals surface area contributed by atoms with Gasteiger partial charge in [0.1, 0.15) is 0 Å². The number of carbonyl (C=O) groups is 2. The fraction of sp³-hybridized carbons (Fsp3) is 0.200. The van der Waals surface area contributed by atoms with E-state index in [2.05, 4.69) is 17.0 Å². The molecule has 0 aromatic rings. The number of amides is 4. The molecule has 0 bridgehead atoms. The molecule has 0 aliphatic rings. The molecule has 0 heterocycles. The summed E-state index contributed by atoms with van der Waals surface area (Å²) in [7, 11) is 0. The van der Waals surface area contributed by atoms with Crippen LogP contribution >= 0.6 is 11.9 Å². The summed E-state index contributed by atoms with van der Waals surface area (Å²) in [6, 6.07) is -1.49. The Balaban J connectivity index is 3.37. The summed E-state index contributed by atoms with van der Waals surface area (Å²) in [5.74, 6) is 0.576. The van der Waals surface area contributed by atoms with Gasteiger partial charge in [-0.1, -0.05) is 6.08 Å². The van der Waals surface area contributed by atoms with Crippen molar-refractivity contribution in [2.45, 2.75) is 0 Å². The molecule has 6 heteroatoms. The van der Waals surface area contributed by atoms with E-state index in [1.165, 1.54) is 0 Å². The molecule has 4 N–H and O–H groups in total. The van der Waals surface area contributed by atoms with Crippen LogP contribution in [0, 0.1) is 0 Å². The van der Waals surface area contributed by atoms with Crippen molar-refractivity contribution in [2.24, 2.45) is 5.73 Å². The molecular weight excluding hydrogens is 166 g/mol. The number of hydrogen-bond acceptors (Lipinski definition) is 3. The Morgan fingerprint density at radius 1 is 1.64 bits per heavy atom. The summed E-state index contributed by atoms with van der Waals surface area (Å²) in [6.07, 6.45) is 1.62. The van der Waals surface area contributed by atoms with Crippen LogP contribution in [0.2, 0.25) is 0 Å². The number of nitrogens with two attached hydrogens (primary N) is 1. The Morgan fingerprint density at radius 2 is 2.27 bits per heavy atom. The molecule has 0 radical (unpaired) electrons. The Morgan fingerprint density at radius 3 is 2.73 bits per heavy atom. The van der Waals surface area contributed by atoms with Gasteiger partial charge in [0, 0.05) is 5.75 Å². The molecule has 5 nitrogen and oxygen atoms in total. The fourth-order valence-electron chi connectivity index (χ4n) is 0.304. The van der Waals surface area contributed by atoms with Crippen molar-refractivity contribution >= 4 is 24.0 Å². The zero-order valence-electron chi connectivity index (χ0n) is 5.79. The summed E-state index contributed by atoms with van der Waals surface area (Å²) < 4.78 is 2.31. The first-order valence-electron chi connectivity index (χ1n) is 2.76. The molecule has 0 saturated heterocycles. The van der Waals surface area contributed by atoms with E-state index in [9.17, 15) is 9.59 Å². The third-order valence-corrected chi connectivity index (χ3v) is 1.33. The first-order valence-corrected chi connectivity index (χ1v) is 3.74. The van der Waals surface area contributed by atoms with E-state index in [-0.39, 0.29) is 0 Å². The van der Waals surface area contributed by atoms with E-state index < -0.39 is 12.1 Å². The highest BCUT2D eigenvalue weighted by molar-refractivity contribution is 7.98. The number of carbonyl (C=O) groups excluding carboxylic acids is 2. The molecule has 0 aliphatic carbocycles. The summed E-state index contributed by atoms with van der Waals surface area (Å²) in [5.41, 5.74) is 4.66. The van der Waals surface area contributed by atoms with Crippen LogP contribution in [0.4, 0.5) is 9.59 Å². The highest BCUT2D eigenvalue weighted by Crippen LogP contribution is 1.90. The van der Waals surface area contributed by atoms with Crippen molar-refractivity contribution in [2.75, 3.05) is 5.75 Å². The highest BCUT2D eigenvalue weighted by atomic mass is 32.2. The number of hydrogen-bond donors (Lipinski definition) is 3. The molecular formula is C5H9N3O2S. The average Bonchev–Trinajstić information content (AvgIpc) is 1.86. The Kier molecular flexibility index (Phi) is 5.01. The van der Waals surface area contributed by atoms with Gasteiger partial charge < -0.3 is 5.73 Å². The second kappa shape index (κ2) is 5.60. The maximum Gasteiger partial charge on any atom is 0.332 e. The van der Waals surface area contributed by atoms with Crippen molar-refractivity contribution in [3.05, 3.63) is 12.7 Å². The molecule has 11 heavy (non-hydrogen) atoms. The van der Waals surface area contributed by atoms with Crippen molar-refractivity contribution in [3.63, 3.8) is 0 Å². The lowest BCUT2D eigenvalue weighted by Gasteiger charge is -2.00. The van der Waals surface area contributed by atoms with Crippen LogP contribution in [0.3, 0.4) is 0 Å². The smallest absolute Gasteiger partial charge is 0.332 e. The van der Waals surface area contributed by atoms with Gasteiger partial charge in [-0.15, -0.1) is 6.58 Å². The third-order valence-electron chi connectivity index (χ3n) is 0.603. The summed E-state index contributed by atoms with van der Waals surface area (Å²) in [4.78, 5) is 20.6. The topological polar surface area (TPSA) is 84.2 Å². The number of urea groups is 2. The maximum atomic E-state index is 10.6. The van der Waals surface area contributed by atoms with Gasteiger partial charge in [0.25, 0.3) is 0 Å². The Hall–Kier alpha value is -1.17. The predicted octanol–water partition coefficient (Wildman–Crippen LogP) is 0.199. The lowest BCUT2D eigenvalue weighted by Crippen LogP contribution is -2.39. The number of primary amides is 1. The minimum absolute atomic E-state index is 0.576. The first-order chi connectivity index (χ1) is 5.16. The predicted molar refractivity (Wildman–Crippen MR) is 43.9 cm³/mol. The van der Waals surface area contributed by atoms with Crippen molar-refractivity contribution in [1.82, 2.24) is 10.0 Å². The molecule has 4 amide bonds. The molecule has 0 spiro atoms. The second-order valence-corrected chi connectivity index (χ2v) is 2.35. The van der Waals surface area contributed by atoms with Crippen LogP contribution < -0.4 is 15.8 Å². The van der Waals surface area contributed by atoms with E-state index in [1.807, 2.05) is 5.32 Å². The molecule has 0 unspecified atom stereocenters. The van der Waals surface area contributed by atoms with Crippen LogP contribution in [0.5, 0.6) is 0 Å². The van der Waals surface area contributed by atoms with Crippen molar-refractivity contribution in [1.29, 1.82) is 0 Å². The minimum Gasteiger partial charge on any atom is -0.351 e. The molecule has 0 fully saturated rings. The summed E-state index contributed by atoms with van der Waals surface area (Å²) in [6.45, 7) is 3.43. The zero-order valence-corrected chi connectivity index (χ0v) is 6.61. The molecule has 0 aromatic carbocycles. The first kappa shape index (κ1) is 9.83. The molecule has 0 aliphatic heterocycles. The zero-order chi connectivity index (χ0) is 8.69. The van der Waals surface area contributed by atoms with Gasteiger partial charge in [-0.25, -0.2) is 9.59 Å². The summed E-state index contributed by atoms with van der Waals surface area (Å²) >= 11 is 1.12. The molecule has 0 aromatic heterocycles. The van der Waals surface area contributed by atoms with Gasteiger partial charge in [-0.2, -0.15) is 0 Å². The van der Waals surface area contributed by atoms with E-state index in [0.29, 0.717) is 5.75 Å². The van der Waals surface area contributed by atoms with Crippen molar-refractivity contribution < 1.29 is 9.59 Å². The second-order valence-electron chi connectivity index (χ2n) is 1.52.